The maximum atomic E-state index is 12.4. The predicted molar refractivity (Wildman–Crippen MR) is 99.2 cm³/mol. The zero-order valence-corrected chi connectivity index (χ0v) is 13.8. The number of rotatable bonds is 5. The van der Waals surface area contributed by atoms with Crippen molar-refractivity contribution in [3.05, 3.63) is 101 Å². The largest absolute Gasteiger partial charge is 0.326 e. The number of aryl methyl sites for hydroxylation is 1. The summed E-state index contributed by atoms with van der Waals surface area (Å²) in [7, 11) is 0. The van der Waals surface area contributed by atoms with Crippen LogP contribution in [0, 0.1) is 6.92 Å². The van der Waals surface area contributed by atoms with E-state index in [0.29, 0.717) is 6.42 Å². The van der Waals surface area contributed by atoms with Crippen molar-refractivity contribution in [3.8, 4) is 0 Å². The second kappa shape index (κ2) is 7.60. The molecule has 0 fully saturated rings. The zero-order chi connectivity index (χ0) is 16.8. The van der Waals surface area contributed by atoms with Crippen LogP contribution in [0.5, 0.6) is 0 Å². The van der Waals surface area contributed by atoms with E-state index < -0.39 is 0 Å². The van der Waals surface area contributed by atoms with Crippen molar-refractivity contribution >= 4 is 11.6 Å². The first-order valence-corrected chi connectivity index (χ1v) is 8.18. The van der Waals surface area contributed by atoms with Gasteiger partial charge in [-0.3, -0.25) is 4.79 Å². The highest BCUT2D eigenvalue weighted by atomic mass is 16.1. The summed E-state index contributed by atoms with van der Waals surface area (Å²) in [6, 6.07) is 26.4. The number of benzene rings is 3. The van der Waals surface area contributed by atoms with Crippen LogP contribution >= 0.6 is 0 Å². The molecule has 0 saturated heterocycles. The first kappa shape index (κ1) is 16.0. The van der Waals surface area contributed by atoms with Gasteiger partial charge in [-0.05, 0) is 36.1 Å². The molecule has 2 heteroatoms. The molecule has 0 aliphatic carbocycles. The summed E-state index contributed by atoms with van der Waals surface area (Å²) < 4.78 is 0. The van der Waals surface area contributed by atoms with E-state index in [2.05, 4.69) is 23.5 Å². The molecule has 0 spiro atoms. The molecule has 24 heavy (non-hydrogen) atoms. The normalized spacial score (nSPS) is 10.4. The molecule has 2 nitrogen and oxygen atoms in total. The van der Waals surface area contributed by atoms with Crippen molar-refractivity contribution < 1.29 is 4.79 Å². The van der Waals surface area contributed by atoms with Gasteiger partial charge in [0.25, 0.3) is 0 Å². The lowest BCUT2D eigenvalue weighted by atomic mass is 10.0. The van der Waals surface area contributed by atoms with E-state index >= 15 is 0 Å². The summed E-state index contributed by atoms with van der Waals surface area (Å²) >= 11 is 0. The van der Waals surface area contributed by atoms with Gasteiger partial charge in [-0.2, -0.15) is 0 Å². The first-order valence-electron chi connectivity index (χ1n) is 8.18. The Kier molecular flexibility index (Phi) is 5.07. The van der Waals surface area contributed by atoms with Crippen LogP contribution < -0.4 is 5.32 Å². The van der Waals surface area contributed by atoms with Crippen LogP contribution in [-0.2, 0) is 17.6 Å². The fourth-order valence-corrected chi connectivity index (χ4v) is 2.70. The average molecular weight is 315 g/mol. The molecule has 120 valence electrons. The van der Waals surface area contributed by atoms with Crippen molar-refractivity contribution in [1.82, 2.24) is 0 Å². The Labute approximate surface area is 143 Å². The first-order chi connectivity index (χ1) is 11.7. The maximum Gasteiger partial charge on any atom is 0.228 e. The van der Waals surface area contributed by atoms with Crippen molar-refractivity contribution in [3.63, 3.8) is 0 Å². The Balaban J connectivity index is 1.70. The number of amides is 1. The highest BCUT2D eigenvalue weighted by Crippen LogP contribution is 2.19. The number of anilines is 1. The SMILES string of the molecule is Cc1ccc(CC(=O)Nc2ccccc2Cc2ccccc2)cc1. The molecular formula is C22H21NO. The van der Waals surface area contributed by atoms with Crippen LogP contribution in [-0.4, -0.2) is 5.91 Å². The number of carbonyl (C=O) groups is 1. The minimum absolute atomic E-state index is 0.0133. The van der Waals surface area contributed by atoms with Gasteiger partial charge in [0.1, 0.15) is 0 Å². The Bertz CT molecular complexity index is 807. The van der Waals surface area contributed by atoms with E-state index in [0.717, 1.165) is 23.2 Å². The van der Waals surface area contributed by atoms with E-state index in [1.54, 1.807) is 0 Å². The third-order valence-corrected chi connectivity index (χ3v) is 4.01. The number of hydrogen-bond acceptors (Lipinski definition) is 1. The van der Waals surface area contributed by atoms with E-state index in [1.165, 1.54) is 11.1 Å². The second-order valence-corrected chi connectivity index (χ2v) is 6.03. The topological polar surface area (TPSA) is 29.1 Å². The van der Waals surface area contributed by atoms with Crippen LogP contribution in [0.4, 0.5) is 5.69 Å². The van der Waals surface area contributed by atoms with E-state index in [4.69, 9.17) is 0 Å². The van der Waals surface area contributed by atoms with Gasteiger partial charge in [-0.15, -0.1) is 0 Å². The van der Waals surface area contributed by atoms with Crippen LogP contribution in [0.3, 0.4) is 0 Å². The maximum absolute atomic E-state index is 12.4. The highest BCUT2D eigenvalue weighted by Gasteiger charge is 2.08. The van der Waals surface area contributed by atoms with Gasteiger partial charge >= 0.3 is 0 Å². The fourth-order valence-electron chi connectivity index (χ4n) is 2.70. The lowest BCUT2D eigenvalue weighted by Crippen LogP contribution is -2.15. The van der Waals surface area contributed by atoms with Crippen molar-refractivity contribution in [2.75, 3.05) is 5.32 Å². The van der Waals surface area contributed by atoms with E-state index in [1.807, 2.05) is 67.6 Å². The Morgan fingerprint density at radius 1 is 0.792 bits per heavy atom. The summed E-state index contributed by atoms with van der Waals surface area (Å²) in [4.78, 5) is 12.4. The zero-order valence-electron chi connectivity index (χ0n) is 13.8. The summed E-state index contributed by atoms with van der Waals surface area (Å²) in [5, 5.41) is 3.05. The molecule has 0 aromatic heterocycles. The van der Waals surface area contributed by atoms with Gasteiger partial charge in [-0.1, -0.05) is 78.4 Å². The molecule has 3 aromatic rings. The van der Waals surface area contributed by atoms with Crippen LogP contribution in [0.15, 0.2) is 78.9 Å². The number of carbonyl (C=O) groups excluding carboxylic acids is 1. The molecule has 0 unspecified atom stereocenters. The number of para-hydroxylation sites is 1. The van der Waals surface area contributed by atoms with Gasteiger partial charge in [0.15, 0.2) is 0 Å². The quantitative estimate of drug-likeness (QED) is 0.722. The van der Waals surface area contributed by atoms with Crippen molar-refractivity contribution in [2.24, 2.45) is 0 Å². The molecule has 3 aromatic carbocycles. The minimum Gasteiger partial charge on any atom is -0.326 e. The Hall–Kier alpha value is -2.87. The highest BCUT2D eigenvalue weighted by molar-refractivity contribution is 5.93. The standard InChI is InChI=1S/C22H21NO/c1-17-11-13-19(14-12-17)16-22(24)23-21-10-6-5-9-20(21)15-18-7-3-2-4-8-18/h2-14H,15-16H2,1H3,(H,23,24). The van der Waals surface area contributed by atoms with Crippen LogP contribution in [0.1, 0.15) is 22.3 Å². The summed E-state index contributed by atoms with van der Waals surface area (Å²) in [6.07, 6.45) is 1.20. The van der Waals surface area contributed by atoms with Gasteiger partial charge in [0.05, 0.1) is 6.42 Å². The molecule has 3 rings (SSSR count). The molecule has 0 radical (unpaired) electrons. The van der Waals surface area contributed by atoms with Gasteiger partial charge in [-0.25, -0.2) is 0 Å². The van der Waals surface area contributed by atoms with Crippen LogP contribution in [0.25, 0.3) is 0 Å². The van der Waals surface area contributed by atoms with Gasteiger partial charge in [0.2, 0.25) is 5.91 Å². The summed E-state index contributed by atoms with van der Waals surface area (Å²) in [6.45, 7) is 2.05. The van der Waals surface area contributed by atoms with Crippen molar-refractivity contribution in [1.29, 1.82) is 0 Å². The third kappa shape index (κ3) is 4.32. The fraction of sp³-hybridized carbons (Fsp3) is 0.136. The van der Waals surface area contributed by atoms with Gasteiger partial charge < -0.3 is 5.32 Å². The molecule has 0 bridgehead atoms. The van der Waals surface area contributed by atoms with E-state index in [9.17, 15) is 4.79 Å². The Morgan fingerprint density at radius 3 is 2.21 bits per heavy atom. The molecule has 0 heterocycles. The number of nitrogens with one attached hydrogen (secondary N) is 1. The lowest BCUT2D eigenvalue weighted by molar-refractivity contribution is -0.115. The summed E-state index contributed by atoms with van der Waals surface area (Å²) in [5.41, 5.74) is 5.48. The van der Waals surface area contributed by atoms with E-state index in [-0.39, 0.29) is 5.91 Å². The number of hydrogen-bond donors (Lipinski definition) is 1. The lowest BCUT2D eigenvalue weighted by Gasteiger charge is -2.11. The second-order valence-electron chi connectivity index (χ2n) is 6.03. The average Bonchev–Trinajstić information content (AvgIpc) is 2.60. The monoisotopic (exact) mass is 315 g/mol. The van der Waals surface area contributed by atoms with Gasteiger partial charge in [0, 0.05) is 5.69 Å². The molecule has 1 N–H and O–H groups in total. The molecule has 0 aliphatic heterocycles. The summed E-state index contributed by atoms with van der Waals surface area (Å²) in [5.74, 6) is 0.0133. The molecule has 0 atom stereocenters. The molecular weight excluding hydrogens is 294 g/mol. The molecule has 0 saturated carbocycles. The molecule has 1 amide bonds. The minimum atomic E-state index is 0.0133. The van der Waals surface area contributed by atoms with Crippen LogP contribution in [0.2, 0.25) is 0 Å². The third-order valence-electron chi connectivity index (χ3n) is 4.01. The molecule has 0 aliphatic rings. The van der Waals surface area contributed by atoms with Crippen molar-refractivity contribution in [2.45, 2.75) is 19.8 Å². The predicted octanol–water partition coefficient (Wildman–Crippen LogP) is 4.77. The smallest absolute Gasteiger partial charge is 0.228 e. The Morgan fingerprint density at radius 2 is 1.46 bits per heavy atom.